The Morgan fingerprint density at radius 1 is 1.00 bits per heavy atom. The van der Waals surface area contributed by atoms with Gasteiger partial charge >= 0.3 is 0 Å². The fourth-order valence-corrected chi connectivity index (χ4v) is 2.74. The number of nitrogens with one attached hydrogen (secondary N) is 2. The maximum absolute atomic E-state index is 5.90. The van der Waals surface area contributed by atoms with Gasteiger partial charge in [-0.25, -0.2) is 0 Å². The quantitative estimate of drug-likeness (QED) is 0.648. The summed E-state index contributed by atoms with van der Waals surface area (Å²) in [4.78, 5) is 0. The Bertz CT molecular complexity index is 170. The summed E-state index contributed by atoms with van der Waals surface area (Å²) >= 11 is 0. The van der Waals surface area contributed by atoms with Crippen molar-refractivity contribution >= 4 is 0 Å². The molecular weight excluding hydrogens is 186 g/mol. The van der Waals surface area contributed by atoms with Gasteiger partial charge < -0.3 is 16.4 Å². The standard InChI is InChI=1S/C12H25N3/c13-11-1-3-12(4-2-11)15-9-10-5-7-14-8-6-10/h10-12,14-15H,1-9,13H2. The highest BCUT2D eigenvalue weighted by atomic mass is 14.9. The van der Waals surface area contributed by atoms with E-state index in [1.54, 1.807) is 0 Å². The Hall–Kier alpha value is -0.120. The zero-order valence-electron chi connectivity index (χ0n) is 9.67. The lowest BCUT2D eigenvalue weighted by Crippen LogP contribution is -2.41. The second kappa shape index (κ2) is 5.83. The highest BCUT2D eigenvalue weighted by Gasteiger charge is 2.19. The fraction of sp³-hybridized carbons (Fsp3) is 1.00. The predicted molar refractivity (Wildman–Crippen MR) is 63.8 cm³/mol. The summed E-state index contributed by atoms with van der Waals surface area (Å²) < 4.78 is 0. The minimum atomic E-state index is 0.474. The van der Waals surface area contributed by atoms with Crippen molar-refractivity contribution in [3.05, 3.63) is 0 Å². The summed E-state index contributed by atoms with van der Waals surface area (Å²) in [5.41, 5.74) is 5.90. The molecule has 0 aromatic rings. The van der Waals surface area contributed by atoms with Crippen LogP contribution in [0.5, 0.6) is 0 Å². The van der Waals surface area contributed by atoms with Crippen LogP contribution in [0.4, 0.5) is 0 Å². The molecular formula is C12H25N3. The van der Waals surface area contributed by atoms with Crippen LogP contribution in [-0.4, -0.2) is 31.7 Å². The smallest absolute Gasteiger partial charge is 0.00683 e. The fourth-order valence-electron chi connectivity index (χ4n) is 2.74. The Kier molecular flexibility index (Phi) is 4.42. The van der Waals surface area contributed by atoms with E-state index < -0.39 is 0 Å². The van der Waals surface area contributed by atoms with E-state index in [1.165, 1.54) is 58.2 Å². The molecule has 2 fully saturated rings. The summed E-state index contributed by atoms with van der Waals surface area (Å²) in [6.45, 7) is 3.64. The Labute approximate surface area is 93.2 Å². The van der Waals surface area contributed by atoms with Gasteiger partial charge in [0, 0.05) is 12.1 Å². The highest BCUT2D eigenvalue weighted by Crippen LogP contribution is 2.18. The van der Waals surface area contributed by atoms with E-state index in [4.69, 9.17) is 5.73 Å². The van der Waals surface area contributed by atoms with Crippen LogP contribution in [0, 0.1) is 5.92 Å². The Morgan fingerprint density at radius 2 is 1.67 bits per heavy atom. The van der Waals surface area contributed by atoms with E-state index in [1.807, 2.05) is 0 Å². The van der Waals surface area contributed by atoms with Gasteiger partial charge in [-0.1, -0.05) is 0 Å². The zero-order valence-corrected chi connectivity index (χ0v) is 9.67. The van der Waals surface area contributed by atoms with E-state index >= 15 is 0 Å². The molecule has 0 amide bonds. The largest absolute Gasteiger partial charge is 0.328 e. The summed E-state index contributed by atoms with van der Waals surface area (Å²) in [6, 6.07) is 1.22. The highest BCUT2D eigenvalue weighted by molar-refractivity contribution is 4.80. The molecule has 1 heterocycles. The van der Waals surface area contributed by atoms with Crippen LogP contribution in [0.1, 0.15) is 38.5 Å². The normalized spacial score (nSPS) is 34.2. The van der Waals surface area contributed by atoms with Gasteiger partial charge in [-0.15, -0.1) is 0 Å². The number of hydrogen-bond acceptors (Lipinski definition) is 3. The van der Waals surface area contributed by atoms with Gasteiger partial charge in [-0.2, -0.15) is 0 Å². The van der Waals surface area contributed by atoms with Crippen molar-refractivity contribution in [1.29, 1.82) is 0 Å². The molecule has 3 nitrogen and oxygen atoms in total. The lowest BCUT2D eigenvalue weighted by Gasteiger charge is -2.30. The van der Waals surface area contributed by atoms with Crippen LogP contribution in [0.2, 0.25) is 0 Å². The SMILES string of the molecule is NC1CCC(NCC2CCNCC2)CC1. The molecule has 1 aliphatic carbocycles. The van der Waals surface area contributed by atoms with Crippen LogP contribution >= 0.6 is 0 Å². The number of piperidine rings is 1. The molecule has 2 rings (SSSR count). The van der Waals surface area contributed by atoms with E-state index in [0.29, 0.717) is 6.04 Å². The monoisotopic (exact) mass is 211 g/mol. The van der Waals surface area contributed by atoms with Gasteiger partial charge in [0.15, 0.2) is 0 Å². The second-order valence-electron chi connectivity index (χ2n) is 5.21. The number of nitrogens with two attached hydrogens (primary N) is 1. The maximum Gasteiger partial charge on any atom is 0.00683 e. The molecule has 2 aliphatic rings. The molecule has 0 aromatic carbocycles. The molecule has 0 bridgehead atoms. The molecule has 4 N–H and O–H groups in total. The minimum Gasteiger partial charge on any atom is -0.328 e. The van der Waals surface area contributed by atoms with E-state index in [-0.39, 0.29) is 0 Å². The van der Waals surface area contributed by atoms with Gasteiger partial charge in [-0.3, -0.25) is 0 Å². The Morgan fingerprint density at radius 3 is 2.33 bits per heavy atom. The molecule has 0 atom stereocenters. The third kappa shape index (κ3) is 3.74. The predicted octanol–water partition coefficient (Wildman–Crippen LogP) is 0.845. The molecule has 0 unspecified atom stereocenters. The molecule has 0 radical (unpaired) electrons. The lowest BCUT2D eigenvalue weighted by atomic mass is 9.91. The van der Waals surface area contributed by atoms with Crippen molar-refractivity contribution in [2.75, 3.05) is 19.6 Å². The molecule has 1 saturated carbocycles. The van der Waals surface area contributed by atoms with Crippen LogP contribution in [-0.2, 0) is 0 Å². The van der Waals surface area contributed by atoms with Crippen molar-refractivity contribution in [3.8, 4) is 0 Å². The van der Waals surface area contributed by atoms with Gasteiger partial charge in [0.1, 0.15) is 0 Å². The third-order valence-corrected chi connectivity index (χ3v) is 3.93. The summed E-state index contributed by atoms with van der Waals surface area (Å²) in [5.74, 6) is 0.904. The first-order valence-corrected chi connectivity index (χ1v) is 6.54. The molecule has 1 aliphatic heterocycles. The molecule has 88 valence electrons. The van der Waals surface area contributed by atoms with E-state index in [2.05, 4.69) is 10.6 Å². The topological polar surface area (TPSA) is 50.1 Å². The average molecular weight is 211 g/mol. The van der Waals surface area contributed by atoms with Crippen molar-refractivity contribution in [3.63, 3.8) is 0 Å². The first kappa shape index (κ1) is 11.4. The summed E-state index contributed by atoms with van der Waals surface area (Å²) in [6.07, 6.45) is 7.69. The van der Waals surface area contributed by atoms with Gasteiger partial charge in [0.05, 0.1) is 0 Å². The number of rotatable bonds is 3. The first-order chi connectivity index (χ1) is 7.34. The number of hydrogen-bond donors (Lipinski definition) is 3. The summed E-state index contributed by atoms with van der Waals surface area (Å²) in [7, 11) is 0. The first-order valence-electron chi connectivity index (χ1n) is 6.54. The van der Waals surface area contributed by atoms with Crippen molar-refractivity contribution < 1.29 is 0 Å². The average Bonchev–Trinajstić information content (AvgIpc) is 2.30. The van der Waals surface area contributed by atoms with E-state index in [0.717, 1.165) is 12.0 Å². The van der Waals surface area contributed by atoms with Crippen molar-refractivity contribution in [2.24, 2.45) is 11.7 Å². The zero-order chi connectivity index (χ0) is 10.5. The molecule has 15 heavy (non-hydrogen) atoms. The summed E-state index contributed by atoms with van der Waals surface area (Å²) in [5, 5.41) is 7.14. The van der Waals surface area contributed by atoms with Crippen LogP contribution in [0.25, 0.3) is 0 Å². The molecule has 0 spiro atoms. The minimum absolute atomic E-state index is 0.474. The maximum atomic E-state index is 5.90. The van der Waals surface area contributed by atoms with Gasteiger partial charge in [0.25, 0.3) is 0 Å². The lowest BCUT2D eigenvalue weighted by molar-refractivity contribution is 0.297. The van der Waals surface area contributed by atoms with Crippen LogP contribution < -0.4 is 16.4 Å². The Balaban J connectivity index is 1.60. The molecule has 3 heteroatoms. The van der Waals surface area contributed by atoms with Crippen molar-refractivity contribution in [1.82, 2.24) is 10.6 Å². The van der Waals surface area contributed by atoms with Crippen LogP contribution in [0.15, 0.2) is 0 Å². The third-order valence-electron chi connectivity index (χ3n) is 3.93. The molecule has 0 aromatic heterocycles. The van der Waals surface area contributed by atoms with Crippen molar-refractivity contribution in [2.45, 2.75) is 50.6 Å². The van der Waals surface area contributed by atoms with Crippen LogP contribution in [0.3, 0.4) is 0 Å². The molecule has 1 saturated heterocycles. The van der Waals surface area contributed by atoms with Gasteiger partial charge in [-0.05, 0) is 64.1 Å². The van der Waals surface area contributed by atoms with E-state index in [9.17, 15) is 0 Å². The second-order valence-corrected chi connectivity index (χ2v) is 5.21. The van der Waals surface area contributed by atoms with Gasteiger partial charge in [0.2, 0.25) is 0 Å².